The maximum absolute atomic E-state index is 10.7. The Kier molecular flexibility index (Phi) is 5.15. The number of hydrazine groups is 2. The maximum atomic E-state index is 10.7. The number of hydrogen-bond donors (Lipinski definition) is 4. The van der Waals surface area contributed by atoms with E-state index in [1.54, 1.807) is 0 Å². The normalized spacial score (nSPS) is 17.0. The zero-order valence-electron chi connectivity index (χ0n) is 13.7. The first kappa shape index (κ1) is 16.2. The number of carbonyl (C=O) groups is 1. The Hall–Kier alpha value is -1.63. The Bertz CT molecular complexity index is 544. The highest BCUT2D eigenvalue weighted by atomic mass is 16.6. The zero-order chi connectivity index (χ0) is 16.2. The number of aryl methyl sites for hydroxylation is 2. The molecule has 6 nitrogen and oxygen atoms in total. The predicted octanol–water partition coefficient (Wildman–Crippen LogP) is 2.06. The standard InChI is InChI=1S/C17H26N4O2/c1-2-5-16(18-11-22)21(23)20-19-17-14-8-3-6-12(14)10-13-7-4-9-15(13)17/h10-11,16,19-20,23H,2-9H2,1H3,(H,18,22). The molecule has 0 aromatic heterocycles. The third-order valence-corrected chi connectivity index (χ3v) is 4.89. The Morgan fingerprint density at radius 2 is 1.87 bits per heavy atom. The predicted molar refractivity (Wildman–Crippen MR) is 88.8 cm³/mol. The first-order valence-corrected chi connectivity index (χ1v) is 8.60. The van der Waals surface area contributed by atoms with Gasteiger partial charge in [0.15, 0.2) is 0 Å². The summed E-state index contributed by atoms with van der Waals surface area (Å²) < 4.78 is 0. The largest absolute Gasteiger partial charge is 0.340 e. The van der Waals surface area contributed by atoms with Crippen LogP contribution in [0, 0.1) is 0 Å². The van der Waals surface area contributed by atoms with E-state index in [0.717, 1.165) is 43.0 Å². The third-order valence-electron chi connectivity index (χ3n) is 4.89. The molecule has 0 saturated heterocycles. The van der Waals surface area contributed by atoms with Crippen LogP contribution in [0.2, 0.25) is 0 Å². The van der Waals surface area contributed by atoms with Crippen LogP contribution in [0.5, 0.6) is 0 Å². The summed E-state index contributed by atoms with van der Waals surface area (Å²) in [5.41, 5.74) is 12.8. The molecule has 0 spiro atoms. The van der Waals surface area contributed by atoms with Crippen LogP contribution in [-0.2, 0) is 30.5 Å². The Labute approximate surface area is 137 Å². The number of benzene rings is 1. The minimum Gasteiger partial charge on any atom is -0.340 e. The molecule has 0 fully saturated rings. The van der Waals surface area contributed by atoms with E-state index in [1.807, 2.05) is 6.92 Å². The SMILES string of the molecule is CCCC(NC=O)N(O)NNc1c2c(cc3c1CCC3)CCC2. The van der Waals surface area contributed by atoms with Gasteiger partial charge in [0, 0.05) is 0 Å². The summed E-state index contributed by atoms with van der Waals surface area (Å²) >= 11 is 0. The smallest absolute Gasteiger partial charge is 0.208 e. The Morgan fingerprint density at radius 1 is 1.22 bits per heavy atom. The molecule has 1 unspecified atom stereocenters. The van der Waals surface area contributed by atoms with Gasteiger partial charge in [-0.25, -0.2) is 0 Å². The van der Waals surface area contributed by atoms with Crippen molar-refractivity contribution in [1.82, 2.24) is 16.0 Å². The molecule has 6 heteroatoms. The lowest BCUT2D eigenvalue weighted by Crippen LogP contribution is -2.52. The van der Waals surface area contributed by atoms with Gasteiger partial charge in [-0.05, 0) is 67.2 Å². The zero-order valence-corrected chi connectivity index (χ0v) is 13.7. The molecule has 0 heterocycles. The van der Waals surface area contributed by atoms with Crippen LogP contribution in [0.15, 0.2) is 6.07 Å². The Balaban J connectivity index is 1.74. The second kappa shape index (κ2) is 7.29. The molecular formula is C17H26N4O2. The van der Waals surface area contributed by atoms with E-state index in [0.29, 0.717) is 12.8 Å². The van der Waals surface area contributed by atoms with Crippen LogP contribution in [-0.4, -0.2) is 23.0 Å². The van der Waals surface area contributed by atoms with Gasteiger partial charge < -0.3 is 10.7 Å². The number of amides is 1. The topological polar surface area (TPSA) is 76.6 Å². The van der Waals surface area contributed by atoms with E-state index in [-0.39, 0.29) is 0 Å². The molecule has 0 radical (unpaired) electrons. The van der Waals surface area contributed by atoms with Gasteiger partial charge in [-0.3, -0.25) is 10.0 Å². The van der Waals surface area contributed by atoms with Crippen molar-refractivity contribution in [1.29, 1.82) is 0 Å². The van der Waals surface area contributed by atoms with Gasteiger partial charge in [0.05, 0.1) is 5.69 Å². The summed E-state index contributed by atoms with van der Waals surface area (Å²) in [6.45, 7) is 2.01. The van der Waals surface area contributed by atoms with Gasteiger partial charge in [-0.2, -0.15) is 0 Å². The molecule has 23 heavy (non-hydrogen) atoms. The van der Waals surface area contributed by atoms with Crippen molar-refractivity contribution in [3.8, 4) is 0 Å². The first-order valence-electron chi connectivity index (χ1n) is 8.60. The second-order valence-electron chi connectivity index (χ2n) is 6.40. The first-order chi connectivity index (χ1) is 11.2. The lowest BCUT2D eigenvalue weighted by atomic mass is 9.99. The average molecular weight is 318 g/mol. The van der Waals surface area contributed by atoms with Crippen molar-refractivity contribution >= 4 is 12.1 Å². The van der Waals surface area contributed by atoms with Crippen molar-refractivity contribution in [3.05, 3.63) is 28.3 Å². The van der Waals surface area contributed by atoms with E-state index in [1.165, 1.54) is 35.1 Å². The minimum atomic E-state index is -0.449. The fraction of sp³-hybridized carbons (Fsp3) is 0.588. The van der Waals surface area contributed by atoms with Gasteiger partial charge in [-0.1, -0.05) is 24.6 Å². The van der Waals surface area contributed by atoms with Crippen LogP contribution in [0.25, 0.3) is 0 Å². The van der Waals surface area contributed by atoms with Crippen LogP contribution in [0.3, 0.4) is 0 Å². The number of anilines is 1. The summed E-state index contributed by atoms with van der Waals surface area (Å²) in [4.78, 5) is 10.7. The van der Waals surface area contributed by atoms with Gasteiger partial charge in [-0.15, -0.1) is 5.53 Å². The minimum absolute atomic E-state index is 0.449. The molecule has 1 amide bonds. The molecule has 0 aliphatic heterocycles. The number of fused-ring (bicyclic) bond motifs is 2. The molecule has 126 valence electrons. The fourth-order valence-corrected chi connectivity index (χ4v) is 3.79. The highest BCUT2D eigenvalue weighted by molar-refractivity contribution is 5.65. The van der Waals surface area contributed by atoms with Gasteiger partial charge in [0.1, 0.15) is 6.17 Å². The fourth-order valence-electron chi connectivity index (χ4n) is 3.79. The molecule has 1 aromatic rings. The van der Waals surface area contributed by atoms with E-state index in [2.05, 4.69) is 22.3 Å². The summed E-state index contributed by atoms with van der Waals surface area (Å²) in [5.74, 6) is 0. The van der Waals surface area contributed by atoms with Crippen molar-refractivity contribution in [2.24, 2.45) is 0 Å². The summed E-state index contributed by atoms with van der Waals surface area (Å²) in [6, 6.07) is 2.38. The number of hydroxylamine groups is 1. The number of hydrogen-bond acceptors (Lipinski definition) is 5. The Morgan fingerprint density at radius 3 is 2.43 bits per heavy atom. The van der Waals surface area contributed by atoms with Crippen LogP contribution < -0.4 is 16.3 Å². The summed E-state index contributed by atoms with van der Waals surface area (Å²) in [7, 11) is 0. The lowest BCUT2D eigenvalue weighted by Gasteiger charge is -2.27. The van der Waals surface area contributed by atoms with Crippen molar-refractivity contribution in [3.63, 3.8) is 0 Å². The van der Waals surface area contributed by atoms with E-state index in [9.17, 15) is 10.0 Å². The molecular weight excluding hydrogens is 292 g/mol. The maximum Gasteiger partial charge on any atom is 0.208 e. The highest BCUT2D eigenvalue weighted by Gasteiger charge is 2.24. The average Bonchev–Trinajstić information content (AvgIpc) is 3.19. The number of carbonyl (C=O) groups excluding carboxylic acids is 1. The van der Waals surface area contributed by atoms with Gasteiger partial charge in [0.2, 0.25) is 6.41 Å². The van der Waals surface area contributed by atoms with Crippen molar-refractivity contribution in [2.45, 2.75) is 64.5 Å². The monoisotopic (exact) mass is 318 g/mol. The van der Waals surface area contributed by atoms with Crippen LogP contribution in [0.1, 0.15) is 54.9 Å². The van der Waals surface area contributed by atoms with Crippen LogP contribution >= 0.6 is 0 Å². The quantitative estimate of drug-likeness (QED) is 0.335. The van der Waals surface area contributed by atoms with Crippen molar-refractivity contribution < 1.29 is 10.0 Å². The summed E-state index contributed by atoms with van der Waals surface area (Å²) in [5, 5.41) is 13.7. The van der Waals surface area contributed by atoms with Gasteiger partial charge >= 0.3 is 0 Å². The third kappa shape index (κ3) is 3.34. The molecule has 1 aromatic carbocycles. The highest BCUT2D eigenvalue weighted by Crippen LogP contribution is 2.38. The molecule has 2 aliphatic carbocycles. The lowest BCUT2D eigenvalue weighted by molar-refractivity contribution is -0.175. The number of rotatable bonds is 8. The molecule has 0 bridgehead atoms. The van der Waals surface area contributed by atoms with E-state index >= 15 is 0 Å². The molecule has 2 aliphatic rings. The molecule has 4 N–H and O–H groups in total. The summed E-state index contributed by atoms with van der Waals surface area (Å²) in [6.07, 6.45) is 8.54. The molecule has 3 rings (SSSR count). The molecule has 0 saturated carbocycles. The van der Waals surface area contributed by atoms with Crippen molar-refractivity contribution in [2.75, 3.05) is 5.43 Å². The number of nitrogens with one attached hydrogen (secondary N) is 3. The van der Waals surface area contributed by atoms with Gasteiger partial charge in [0.25, 0.3) is 0 Å². The van der Waals surface area contributed by atoms with E-state index < -0.39 is 6.17 Å². The number of nitrogens with zero attached hydrogens (tertiary/aromatic N) is 1. The molecule has 1 atom stereocenters. The second-order valence-corrected chi connectivity index (χ2v) is 6.40. The van der Waals surface area contributed by atoms with E-state index in [4.69, 9.17) is 0 Å². The van der Waals surface area contributed by atoms with Crippen LogP contribution in [0.4, 0.5) is 5.69 Å².